The molecule has 1 radical (unpaired) electrons. The first-order valence-electron chi connectivity index (χ1n) is 17.6. The molecule has 0 unspecified atom stereocenters. The summed E-state index contributed by atoms with van der Waals surface area (Å²) in [5, 5.41) is 4.56. The smallest absolute Gasteiger partial charge is 0.136 e. The van der Waals surface area contributed by atoms with E-state index in [-0.39, 0.29) is 20.1 Å². The normalized spacial score (nSPS) is 12.2. The monoisotopic (exact) mass is 831 g/mol. The van der Waals surface area contributed by atoms with E-state index in [1.165, 1.54) is 16.7 Å². The number of benzene rings is 5. The molecule has 50 heavy (non-hydrogen) atoms. The van der Waals surface area contributed by atoms with E-state index in [0.717, 1.165) is 60.7 Å². The summed E-state index contributed by atoms with van der Waals surface area (Å²) in [5.41, 5.74) is 11.4. The maximum atomic E-state index is 8.68. The topological polar surface area (TPSA) is 38.9 Å². The van der Waals surface area contributed by atoms with E-state index in [1.54, 1.807) is 12.3 Å². The molecule has 0 saturated heterocycles. The predicted octanol–water partition coefficient (Wildman–Crippen LogP) is 12.3. The summed E-state index contributed by atoms with van der Waals surface area (Å²) in [4.78, 5) is 8.97. The number of nitrogens with zero attached hydrogens (tertiary/aromatic N) is 2. The van der Waals surface area contributed by atoms with Gasteiger partial charge in [0.2, 0.25) is 0 Å². The van der Waals surface area contributed by atoms with Crippen LogP contribution in [0.5, 0.6) is 0 Å². The van der Waals surface area contributed by atoms with Gasteiger partial charge in [-0.25, -0.2) is 0 Å². The summed E-state index contributed by atoms with van der Waals surface area (Å²) in [6, 6.07) is 43.2. The van der Waals surface area contributed by atoms with Crippen molar-refractivity contribution in [1.82, 2.24) is 9.97 Å². The van der Waals surface area contributed by atoms with E-state index in [0.29, 0.717) is 11.3 Å². The van der Waals surface area contributed by atoms with Crippen LogP contribution in [0.25, 0.3) is 66.4 Å². The van der Waals surface area contributed by atoms with Crippen LogP contribution in [0.1, 0.15) is 45.8 Å². The Balaban J connectivity index is 0.000000244. The van der Waals surface area contributed by atoms with Gasteiger partial charge in [-0.3, -0.25) is 0 Å². The quantitative estimate of drug-likeness (QED) is 0.166. The van der Waals surface area contributed by atoms with Gasteiger partial charge in [-0.1, -0.05) is 93.4 Å². The van der Waals surface area contributed by atoms with E-state index < -0.39 is 11.8 Å². The van der Waals surface area contributed by atoms with Gasteiger partial charge in [0, 0.05) is 46.0 Å². The van der Waals surface area contributed by atoms with Crippen molar-refractivity contribution in [3.63, 3.8) is 0 Å². The average Bonchev–Trinajstić information content (AvgIpc) is 3.52. The summed E-state index contributed by atoms with van der Waals surface area (Å²) in [7, 11) is 0. The Hall–Kier alpha value is -4.89. The van der Waals surface area contributed by atoms with E-state index in [4.69, 9.17) is 7.16 Å². The Labute approximate surface area is 311 Å². The second-order valence-electron chi connectivity index (χ2n) is 13.7. The van der Waals surface area contributed by atoms with E-state index in [2.05, 4.69) is 110 Å². The minimum absolute atomic E-state index is 0. The Morgan fingerprint density at radius 2 is 1.50 bits per heavy atom. The molecule has 0 fully saturated rings. The van der Waals surface area contributed by atoms with Crippen molar-refractivity contribution >= 4 is 32.7 Å². The fourth-order valence-electron chi connectivity index (χ4n) is 6.14. The Kier molecular flexibility index (Phi) is 9.39. The fraction of sp³-hybridized carbons (Fsp3) is 0.174. The Morgan fingerprint density at radius 1 is 0.700 bits per heavy atom. The molecule has 0 spiro atoms. The van der Waals surface area contributed by atoms with Crippen LogP contribution in [0.4, 0.5) is 0 Å². The molecule has 8 rings (SSSR count). The Morgan fingerprint density at radius 3 is 2.28 bits per heavy atom. The molecule has 0 atom stereocenters. The summed E-state index contributed by atoms with van der Waals surface area (Å²) in [5.74, 6) is 0. The van der Waals surface area contributed by atoms with Gasteiger partial charge in [-0.05, 0) is 77.1 Å². The molecule has 0 aliphatic heterocycles. The number of aromatic nitrogens is 2. The molecular formula is C46H40IrN2O-2. The van der Waals surface area contributed by atoms with Crippen LogP contribution >= 0.6 is 0 Å². The zero-order valence-corrected chi connectivity index (χ0v) is 31.6. The van der Waals surface area contributed by atoms with Crippen LogP contribution in [-0.2, 0) is 26.5 Å². The molecule has 0 amide bonds. The number of fused-ring (bicyclic) bond motifs is 5. The molecule has 3 nitrogen and oxygen atoms in total. The number of furan rings is 1. The summed E-state index contributed by atoms with van der Waals surface area (Å²) in [6.07, 6.45) is 2.11. The van der Waals surface area contributed by atoms with Gasteiger partial charge < -0.3 is 14.4 Å². The van der Waals surface area contributed by atoms with Gasteiger partial charge in [0.15, 0.2) is 0 Å². The average molecular weight is 831 g/mol. The molecular weight excluding hydrogens is 789 g/mol. The second kappa shape index (κ2) is 14.5. The van der Waals surface area contributed by atoms with Gasteiger partial charge in [-0.2, -0.15) is 0 Å². The first-order chi connectivity index (χ1) is 24.4. The number of rotatable bonds is 4. The zero-order chi connectivity index (χ0) is 35.9. The van der Waals surface area contributed by atoms with E-state index in [9.17, 15) is 0 Å². The van der Waals surface area contributed by atoms with Crippen molar-refractivity contribution < 1.29 is 27.3 Å². The molecule has 0 aliphatic rings. The third-order valence-electron chi connectivity index (χ3n) is 8.68. The van der Waals surface area contributed by atoms with Crippen molar-refractivity contribution in [2.75, 3.05) is 0 Å². The number of aryl methyl sites for hydroxylation is 3. The molecule has 3 heterocycles. The molecule has 3 aromatic heterocycles. The van der Waals surface area contributed by atoms with Crippen molar-refractivity contribution in [2.45, 2.75) is 47.9 Å². The molecule has 251 valence electrons. The predicted molar refractivity (Wildman–Crippen MR) is 205 cm³/mol. The standard InChI is InChI=1S/C32H26NO.C14H14N.Ir/c1-32(2,3)20-21-16-17-33-28(18-21)23-9-6-8-22(19-23)24-11-7-12-26-25(24)14-15-30-31(26)27-10-4-5-13-29(27)34-30;1-10-4-6-13(7-5-10)14-8-11(2)12(3)9-15-14;/h4-8,10-19H,20H2,1-3H3;4-6,8-9H,1-3H3;/q2*-1;/i20D2;;. The van der Waals surface area contributed by atoms with Crippen LogP contribution in [0.3, 0.4) is 0 Å². The largest absolute Gasteiger partial charge is 0.456 e. The van der Waals surface area contributed by atoms with Crippen LogP contribution < -0.4 is 0 Å². The van der Waals surface area contributed by atoms with Crippen LogP contribution in [-0.4, -0.2) is 9.97 Å². The summed E-state index contributed by atoms with van der Waals surface area (Å²) >= 11 is 0. The number of pyridine rings is 2. The van der Waals surface area contributed by atoms with Gasteiger partial charge in [0.25, 0.3) is 0 Å². The first-order valence-corrected chi connectivity index (χ1v) is 16.6. The molecule has 0 saturated carbocycles. The van der Waals surface area contributed by atoms with Crippen LogP contribution in [0.15, 0.2) is 126 Å². The second-order valence-corrected chi connectivity index (χ2v) is 13.7. The van der Waals surface area contributed by atoms with Crippen molar-refractivity contribution in [3.05, 3.63) is 156 Å². The van der Waals surface area contributed by atoms with E-state index in [1.807, 2.05) is 63.4 Å². The minimum atomic E-state index is -1.49. The third kappa shape index (κ3) is 7.48. The third-order valence-corrected chi connectivity index (χ3v) is 8.68. The van der Waals surface area contributed by atoms with E-state index >= 15 is 0 Å². The number of para-hydroxylation sites is 1. The maximum absolute atomic E-state index is 8.68. The van der Waals surface area contributed by atoms with Gasteiger partial charge in [0.1, 0.15) is 11.2 Å². The summed E-state index contributed by atoms with van der Waals surface area (Å²) in [6.45, 7) is 12.0. The molecule has 5 aromatic carbocycles. The van der Waals surface area contributed by atoms with Crippen LogP contribution in [0, 0.1) is 38.3 Å². The minimum Gasteiger partial charge on any atom is -0.456 e. The van der Waals surface area contributed by atoms with Gasteiger partial charge in [0.05, 0.1) is 0 Å². The molecule has 8 aromatic rings. The number of hydrogen-bond acceptors (Lipinski definition) is 3. The molecule has 0 aliphatic carbocycles. The van der Waals surface area contributed by atoms with Gasteiger partial charge >= 0.3 is 0 Å². The first kappa shape index (κ1) is 32.3. The Bertz CT molecular complexity index is 2530. The summed E-state index contributed by atoms with van der Waals surface area (Å²) < 4.78 is 23.5. The number of hydrogen-bond donors (Lipinski definition) is 0. The van der Waals surface area contributed by atoms with Gasteiger partial charge in [-0.15, -0.1) is 70.8 Å². The maximum Gasteiger partial charge on any atom is 0.136 e. The van der Waals surface area contributed by atoms with Crippen molar-refractivity contribution in [1.29, 1.82) is 0 Å². The fourth-order valence-corrected chi connectivity index (χ4v) is 6.14. The zero-order valence-electron chi connectivity index (χ0n) is 31.2. The molecule has 4 heteroatoms. The van der Waals surface area contributed by atoms with Crippen molar-refractivity contribution in [3.8, 4) is 33.6 Å². The molecule has 0 N–H and O–H groups in total. The molecule has 0 bridgehead atoms. The van der Waals surface area contributed by atoms with Crippen molar-refractivity contribution in [2.24, 2.45) is 5.41 Å². The van der Waals surface area contributed by atoms with Crippen LogP contribution in [0.2, 0.25) is 0 Å². The SMILES string of the molecule is Cc1c[c-]c(-c2cc(C)c(C)cn2)cc1.[2H]C([2H])(c1ccnc(-c2[c-]ccc(-c3cccc4c3ccc3oc5ccccc5c34)c2)c1)C(C)(C)C.[Ir].